The van der Waals surface area contributed by atoms with E-state index in [1.807, 2.05) is 0 Å². The molecule has 6 nitrogen and oxygen atoms in total. The van der Waals surface area contributed by atoms with Gasteiger partial charge in [-0.1, -0.05) is 65.5 Å². The van der Waals surface area contributed by atoms with E-state index in [1.54, 1.807) is 5.57 Å². The molecule has 0 aromatic heterocycles. The molecular formula is C34H59N3O3. The molecule has 0 saturated heterocycles. The number of esters is 1. The van der Waals surface area contributed by atoms with Gasteiger partial charge in [0.05, 0.1) is 12.5 Å². The molecule has 1 unspecified atom stereocenters. The highest BCUT2D eigenvalue weighted by Crippen LogP contribution is 2.67. The Morgan fingerprint density at radius 3 is 2.55 bits per heavy atom. The molecule has 1 amide bonds. The third kappa shape index (κ3) is 6.64. The first-order valence-electron chi connectivity index (χ1n) is 16.6. The SMILES string of the molecule is CC(C)CCC[C@@H](C)[C@H]1CC[C@H]2[C@@H]3CC=C4C[C@@H](OC(=O)CCNC(=O)C(N)CCN)CC[C@]4(C)[C@H]3CC[C@]12C. The molecule has 0 spiro atoms. The topological polar surface area (TPSA) is 107 Å². The Bertz CT molecular complexity index is 918. The summed E-state index contributed by atoms with van der Waals surface area (Å²) >= 11 is 0. The Labute approximate surface area is 244 Å². The predicted octanol–water partition coefficient (Wildman–Crippen LogP) is 6.12. The molecule has 228 valence electrons. The fourth-order valence-electron chi connectivity index (χ4n) is 9.73. The number of carbonyl (C=O) groups excluding carboxylic acids is 2. The van der Waals surface area contributed by atoms with Gasteiger partial charge in [0.25, 0.3) is 0 Å². The first-order valence-corrected chi connectivity index (χ1v) is 16.6. The summed E-state index contributed by atoms with van der Waals surface area (Å²) < 4.78 is 5.90. The van der Waals surface area contributed by atoms with E-state index in [2.05, 4.69) is 46.0 Å². The van der Waals surface area contributed by atoms with Crippen molar-refractivity contribution in [2.45, 2.75) is 130 Å². The first kappa shape index (κ1) is 31.5. The second-order valence-electron chi connectivity index (χ2n) is 14.9. The van der Waals surface area contributed by atoms with Crippen LogP contribution in [0, 0.1) is 46.3 Å². The van der Waals surface area contributed by atoms with Crippen molar-refractivity contribution in [3.63, 3.8) is 0 Å². The highest BCUT2D eigenvalue weighted by atomic mass is 16.5. The van der Waals surface area contributed by atoms with Crippen LogP contribution in [0.15, 0.2) is 11.6 Å². The molecule has 3 saturated carbocycles. The van der Waals surface area contributed by atoms with E-state index < -0.39 is 6.04 Å². The molecule has 0 aliphatic heterocycles. The molecule has 0 aromatic carbocycles. The van der Waals surface area contributed by atoms with Gasteiger partial charge >= 0.3 is 5.97 Å². The summed E-state index contributed by atoms with van der Waals surface area (Å²) in [4.78, 5) is 24.5. The van der Waals surface area contributed by atoms with E-state index in [0.29, 0.717) is 18.4 Å². The van der Waals surface area contributed by atoms with Crippen LogP contribution in [0.2, 0.25) is 0 Å². The summed E-state index contributed by atoms with van der Waals surface area (Å²) in [5, 5.41) is 2.73. The number of ether oxygens (including phenoxy) is 1. The molecule has 3 fully saturated rings. The number of hydrogen-bond acceptors (Lipinski definition) is 5. The maximum Gasteiger partial charge on any atom is 0.307 e. The minimum absolute atomic E-state index is 0.0463. The lowest BCUT2D eigenvalue weighted by Crippen LogP contribution is -2.51. The fourth-order valence-corrected chi connectivity index (χ4v) is 9.73. The average Bonchev–Trinajstić information content (AvgIpc) is 3.26. The van der Waals surface area contributed by atoms with Gasteiger partial charge in [-0.05, 0) is 104 Å². The summed E-state index contributed by atoms with van der Waals surface area (Å²) in [6, 6.07) is -0.620. The summed E-state index contributed by atoms with van der Waals surface area (Å²) in [6.07, 6.45) is 17.0. The lowest BCUT2D eigenvalue weighted by atomic mass is 9.47. The third-order valence-electron chi connectivity index (χ3n) is 12.0. The largest absolute Gasteiger partial charge is 0.462 e. The first-order chi connectivity index (χ1) is 19.0. The van der Waals surface area contributed by atoms with Crippen LogP contribution >= 0.6 is 0 Å². The molecule has 4 aliphatic rings. The highest BCUT2D eigenvalue weighted by molar-refractivity contribution is 5.82. The van der Waals surface area contributed by atoms with Gasteiger partial charge in [-0.25, -0.2) is 0 Å². The molecule has 5 N–H and O–H groups in total. The number of amides is 1. The Hall–Kier alpha value is -1.40. The average molecular weight is 558 g/mol. The third-order valence-corrected chi connectivity index (χ3v) is 12.0. The second kappa shape index (κ2) is 13.3. The van der Waals surface area contributed by atoms with Gasteiger partial charge in [0.15, 0.2) is 0 Å². The smallest absolute Gasteiger partial charge is 0.307 e. The van der Waals surface area contributed by atoms with E-state index in [9.17, 15) is 9.59 Å². The summed E-state index contributed by atoms with van der Waals surface area (Å²) in [5.74, 6) is 4.50. The van der Waals surface area contributed by atoms with Gasteiger partial charge in [0, 0.05) is 13.0 Å². The minimum Gasteiger partial charge on any atom is -0.462 e. The van der Waals surface area contributed by atoms with Gasteiger partial charge in [-0.15, -0.1) is 0 Å². The molecule has 9 atom stereocenters. The minimum atomic E-state index is -0.620. The van der Waals surface area contributed by atoms with Crippen molar-refractivity contribution in [3.8, 4) is 0 Å². The van der Waals surface area contributed by atoms with Gasteiger partial charge in [0.2, 0.25) is 5.91 Å². The number of hydrogen-bond donors (Lipinski definition) is 3. The zero-order valence-corrected chi connectivity index (χ0v) is 26.2. The van der Waals surface area contributed by atoms with Crippen molar-refractivity contribution in [1.82, 2.24) is 5.32 Å². The standard InChI is InChI=1S/C34H59N3O3/c1-22(2)7-6-8-23(3)27-11-12-28-26-10-9-24-21-25(13-17-33(24,4)29(26)14-18-34(27,28)5)40-31(38)16-20-37-32(39)30(36)15-19-35/h9,22-23,25-30H,6-8,10-21,35-36H2,1-5H3,(H,37,39)/t23-,25+,26+,27-,28+,29+,30?,33+,34-/m1/s1. The van der Waals surface area contributed by atoms with Crippen molar-refractivity contribution in [1.29, 1.82) is 0 Å². The predicted molar refractivity (Wildman–Crippen MR) is 162 cm³/mol. The Balaban J connectivity index is 1.31. The zero-order chi connectivity index (χ0) is 29.1. The Morgan fingerprint density at radius 2 is 1.82 bits per heavy atom. The number of fused-ring (bicyclic) bond motifs is 5. The van der Waals surface area contributed by atoms with Crippen LogP contribution in [0.25, 0.3) is 0 Å². The van der Waals surface area contributed by atoms with Crippen molar-refractivity contribution in [3.05, 3.63) is 11.6 Å². The Kier molecular flexibility index (Phi) is 10.5. The van der Waals surface area contributed by atoms with Gasteiger partial charge in [-0.3, -0.25) is 9.59 Å². The number of nitrogens with one attached hydrogen (secondary N) is 1. The lowest BCUT2D eigenvalue weighted by Gasteiger charge is -2.58. The molecule has 0 aromatic rings. The van der Waals surface area contributed by atoms with E-state index in [4.69, 9.17) is 16.2 Å². The van der Waals surface area contributed by atoms with Crippen LogP contribution in [0.1, 0.15) is 118 Å². The van der Waals surface area contributed by atoms with Crippen LogP contribution in [0.5, 0.6) is 0 Å². The number of allylic oxidation sites excluding steroid dienone is 1. The summed E-state index contributed by atoms with van der Waals surface area (Å²) in [7, 11) is 0. The highest BCUT2D eigenvalue weighted by Gasteiger charge is 2.59. The van der Waals surface area contributed by atoms with E-state index in [0.717, 1.165) is 54.8 Å². The molecule has 0 radical (unpaired) electrons. The van der Waals surface area contributed by atoms with Crippen LogP contribution in [0.3, 0.4) is 0 Å². The molecule has 4 rings (SSSR count). The zero-order valence-electron chi connectivity index (χ0n) is 26.2. The molecule has 40 heavy (non-hydrogen) atoms. The van der Waals surface area contributed by atoms with E-state index in [-0.39, 0.29) is 36.4 Å². The van der Waals surface area contributed by atoms with Crippen LogP contribution < -0.4 is 16.8 Å². The molecular weight excluding hydrogens is 498 g/mol. The van der Waals surface area contributed by atoms with Crippen molar-refractivity contribution >= 4 is 11.9 Å². The van der Waals surface area contributed by atoms with Gasteiger partial charge in [-0.2, -0.15) is 0 Å². The lowest BCUT2D eigenvalue weighted by molar-refractivity contribution is -0.151. The maximum atomic E-state index is 12.6. The van der Waals surface area contributed by atoms with Crippen LogP contribution in [-0.2, 0) is 14.3 Å². The summed E-state index contributed by atoms with van der Waals surface area (Å²) in [5.41, 5.74) is 13.6. The number of rotatable bonds is 12. The van der Waals surface area contributed by atoms with Gasteiger partial charge in [0.1, 0.15) is 6.10 Å². The van der Waals surface area contributed by atoms with E-state index in [1.165, 1.54) is 51.4 Å². The van der Waals surface area contributed by atoms with E-state index >= 15 is 0 Å². The molecule has 0 heterocycles. The second-order valence-corrected chi connectivity index (χ2v) is 14.9. The summed E-state index contributed by atoms with van der Waals surface area (Å²) in [6.45, 7) is 13.1. The molecule has 0 bridgehead atoms. The number of nitrogens with two attached hydrogens (primary N) is 2. The number of carbonyl (C=O) groups is 2. The van der Waals surface area contributed by atoms with Crippen LogP contribution in [-0.4, -0.2) is 37.1 Å². The van der Waals surface area contributed by atoms with Crippen molar-refractivity contribution in [2.75, 3.05) is 13.1 Å². The van der Waals surface area contributed by atoms with Crippen molar-refractivity contribution < 1.29 is 14.3 Å². The van der Waals surface area contributed by atoms with Crippen molar-refractivity contribution in [2.24, 2.45) is 57.8 Å². The Morgan fingerprint density at radius 1 is 1.05 bits per heavy atom. The molecule has 4 aliphatic carbocycles. The fraction of sp³-hybridized carbons (Fsp3) is 0.882. The maximum absolute atomic E-state index is 12.6. The normalized spacial score (nSPS) is 36.6. The van der Waals surface area contributed by atoms with Gasteiger partial charge < -0.3 is 21.5 Å². The monoisotopic (exact) mass is 557 g/mol. The van der Waals surface area contributed by atoms with Crippen LogP contribution in [0.4, 0.5) is 0 Å². The quantitative estimate of drug-likeness (QED) is 0.198. The molecule has 6 heteroatoms.